The van der Waals surface area contributed by atoms with E-state index >= 15 is 0 Å². The molecule has 4 rings (SSSR count). The van der Waals surface area contributed by atoms with Crippen molar-refractivity contribution < 1.29 is 23.9 Å². The van der Waals surface area contributed by atoms with Crippen LogP contribution >= 0.6 is 0 Å². The highest BCUT2D eigenvalue weighted by Crippen LogP contribution is 2.36. The molecule has 162 valence electrons. The maximum atomic E-state index is 13.3. The van der Waals surface area contributed by atoms with Crippen molar-refractivity contribution in [1.82, 2.24) is 0 Å². The predicted molar refractivity (Wildman–Crippen MR) is 116 cm³/mol. The van der Waals surface area contributed by atoms with E-state index in [1.54, 1.807) is 24.3 Å². The van der Waals surface area contributed by atoms with Gasteiger partial charge in [0.1, 0.15) is 5.75 Å². The van der Waals surface area contributed by atoms with E-state index in [0.29, 0.717) is 30.7 Å². The number of ether oxygens (including phenoxy) is 2. The number of methoxy groups -OCH3 is 1. The number of rotatable bonds is 6. The average molecular weight is 421 g/mol. The van der Waals surface area contributed by atoms with Crippen molar-refractivity contribution in [2.75, 3.05) is 25.2 Å². The lowest BCUT2D eigenvalue weighted by atomic mass is 9.78. The van der Waals surface area contributed by atoms with Crippen LogP contribution in [0.4, 0.5) is 5.69 Å². The van der Waals surface area contributed by atoms with Crippen molar-refractivity contribution in [1.29, 1.82) is 0 Å². The summed E-state index contributed by atoms with van der Waals surface area (Å²) in [6.07, 6.45) is 3.90. The molecule has 1 aliphatic carbocycles. The summed E-state index contributed by atoms with van der Waals surface area (Å²) in [5, 5.41) is 0. The molecule has 0 spiro atoms. The highest BCUT2D eigenvalue weighted by molar-refractivity contribution is 6.00. The average Bonchev–Trinajstić information content (AvgIpc) is 3.26. The van der Waals surface area contributed by atoms with Gasteiger partial charge < -0.3 is 14.4 Å². The molecule has 0 saturated heterocycles. The summed E-state index contributed by atoms with van der Waals surface area (Å²) < 4.78 is 10.5. The smallest absolute Gasteiger partial charge is 0.310 e. The highest BCUT2D eigenvalue weighted by atomic mass is 16.5. The summed E-state index contributed by atoms with van der Waals surface area (Å²) in [6, 6.07) is 14.7. The minimum Gasteiger partial charge on any atom is -0.497 e. The molecule has 1 aliphatic heterocycles. The second kappa shape index (κ2) is 9.33. The van der Waals surface area contributed by atoms with Crippen LogP contribution in [-0.2, 0) is 20.7 Å². The van der Waals surface area contributed by atoms with Crippen molar-refractivity contribution in [2.24, 2.45) is 11.8 Å². The topological polar surface area (TPSA) is 72.9 Å². The number of para-hydroxylation sites is 1. The third-order valence-electron chi connectivity index (χ3n) is 6.28. The number of fused-ring (bicyclic) bond motifs is 1. The summed E-state index contributed by atoms with van der Waals surface area (Å²) in [5.41, 5.74) is 2.53. The maximum absolute atomic E-state index is 13.3. The quantitative estimate of drug-likeness (QED) is 0.524. The Morgan fingerprint density at radius 1 is 1.00 bits per heavy atom. The number of esters is 1. The summed E-state index contributed by atoms with van der Waals surface area (Å²) >= 11 is 0. The molecule has 0 radical (unpaired) electrons. The van der Waals surface area contributed by atoms with Crippen LogP contribution in [0.1, 0.15) is 41.6 Å². The van der Waals surface area contributed by atoms with Crippen LogP contribution in [0.15, 0.2) is 48.5 Å². The van der Waals surface area contributed by atoms with E-state index in [1.165, 1.54) is 7.11 Å². The van der Waals surface area contributed by atoms with Crippen LogP contribution in [0.2, 0.25) is 0 Å². The minimum atomic E-state index is -0.507. The molecule has 1 heterocycles. The molecule has 0 aromatic heterocycles. The minimum absolute atomic E-state index is 0.00859. The van der Waals surface area contributed by atoms with Crippen molar-refractivity contribution >= 4 is 23.3 Å². The zero-order chi connectivity index (χ0) is 21.8. The van der Waals surface area contributed by atoms with E-state index in [1.807, 2.05) is 29.2 Å². The molecule has 2 aromatic rings. The Morgan fingerprint density at radius 3 is 2.58 bits per heavy atom. The van der Waals surface area contributed by atoms with Gasteiger partial charge in [0, 0.05) is 17.8 Å². The standard InChI is InChI=1S/C25H27NO5/c1-30-19-9-6-8-18(15-19)23(27)16-31-25(29)21-11-4-3-10-20(21)24(28)26-14-13-17-7-2-5-12-22(17)26/h2,5-9,12,15,20-21H,3-4,10-11,13-14,16H2,1H3. The van der Waals surface area contributed by atoms with Crippen molar-refractivity contribution in [3.8, 4) is 5.75 Å². The van der Waals surface area contributed by atoms with E-state index in [-0.39, 0.29) is 18.3 Å². The Morgan fingerprint density at radius 2 is 1.77 bits per heavy atom. The van der Waals surface area contributed by atoms with Crippen molar-refractivity contribution in [2.45, 2.75) is 32.1 Å². The maximum Gasteiger partial charge on any atom is 0.310 e. The van der Waals surface area contributed by atoms with Crippen LogP contribution in [0.25, 0.3) is 0 Å². The molecule has 1 amide bonds. The van der Waals surface area contributed by atoms with Gasteiger partial charge in [0.25, 0.3) is 0 Å². The Labute approximate surface area is 182 Å². The molecule has 0 bridgehead atoms. The molecule has 2 aromatic carbocycles. The number of Topliss-reactive ketones (excluding diaryl/α,β-unsaturated/α-hetero) is 1. The fourth-order valence-corrected chi connectivity index (χ4v) is 4.60. The second-order valence-electron chi connectivity index (χ2n) is 8.13. The molecule has 1 saturated carbocycles. The van der Waals surface area contributed by atoms with E-state index < -0.39 is 17.8 Å². The van der Waals surface area contributed by atoms with Gasteiger partial charge in [-0.05, 0) is 43.0 Å². The van der Waals surface area contributed by atoms with Gasteiger partial charge in [0.05, 0.1) is 18.9 Å². The molecular weight excluding hydrogens is 394 g/mol. The SMILES string of the molecule is COc1cccc(C(=O)COC(=O)C2CCCCC2C(=O)N2CCc3ccccc32)c1. The lowest BCUT2D eigenvalue weighted by Crippen LogP contribution is -2.42. The van der Waals surface area contributed by atoms with E-state index in [9.17, 15) is 14.4 Å². The Bertz CT molecular complexity index is 985. The summed E-state index contributed by atoms with van der Waals surface area (Å²) in [7, 11) is 1.53. The Kier molecular flexibility index (Phi) is 6.35. The third-order valence-corrected chi connectivity index (χ3v) is 6.28. The van der Waals surface area contributed by atoms with Gasteiger partial charge in [-0.2, -0.15) is 0 Å². The van der Waals surface area contributed by atoms with Crippen LogP contribution in [0, 0.1) is 11.8 Å². The van der Waals surface area contributed by atoms with Crippen molar-refractivity contribution in [3.63, 3.8) is 0 Å². The van der Waals surface area contributed by atoms with Crippen molar-refractivity contribution in [3.05, 3.63) is 59.7 Å². The zero-order valence-corrected chi connectivity index (χ0v) is 17.7. The number of carbonyl (C=O) groups is 3. The van der Waals surface area contributed by atoms with Gasteiger partial charge in [-0.1, -0.05) is 43.2 Å². The molecule has 6 heteroatoms. The first-order chi connectivity index (χ1) is 15.1. The first-order valence-corrected chi connectivity index (χ1v) is 10.8. The normalized spacial score (nSPS) is 20.1. The summed E-state index contributed by atoms with van der Waals surface area (Å²) in [4.78, 5) is 40.5. The van der Waals surface area contributed by atoms with Crippen LogP contribution in [-0.4, -0.2) is 37.9 Å². The van der Waals surface area contributed by atoms with Gasteiger partial charge >= 0.3 is 5.97 Å². The number of hydrogen-bond acceptors (Lipinski definition) is 5. The Hall–Kier alpha value is -3.15. The molecule has 1 fully saturated rings. The zero-order valence-electron chi connectivity index (χ0n) is 17.7. The molecule has 2 aliphatic rings. The highest BCUT2D eigenvalue weighted by Gasteiger charge is 2.40. The molecule has 6 nitrogen and oxygen atoms in total. The molecule has 2 atom stereocenters. The first kappa shape index (κ1) is 21.1. The van der Waals surface area contributed by atoms with Crippen LogP contribution < -0.4 is 9.64 Å². The summed E-state index contributed by atoms with van der Waals surface area (Å²) in [6.45, 7) is 0.306. The van der Waals surface area contributed by atoms with Gasteiger partial charge in [0.15, 0.2) is 12.4 Å². The molecular formula is C25H27NO5. The number of amides is 1. The van der Waals surface area contributed by atoms with Gasteiger partial charge in [-0.25, -0.2) is 0 Å². The van der Waals surface area contributed by atoms with E-state index in [4.69, 9.17) is 9.47 Å². The lowest BCUT2D eigenvalue weighted by molar-refractivity contribution is -0.153. The number of ketones is 1. The fourth-order valence-electron chi connectivity index (χ4n) is 4.60. The number of benzene rings is 2. The van der Waals surface area contributed by atoms with Crippen LogP contribution in [0.3, 0.4) is 0 Å². The fraction of sp³-hybridized carbons (Fsp3) is 0.400. The van der Waals surface area contributed by atoms with Crippen LogP contribution in [0.5, 0.6) is 5.75 Å². The number of anilines is 1. The number of hydrogen-bond donors (Lipinski definition) is 0. The number of nitrogens with zero attached hydrogens (tertiary/aromatic N) is 1. The molecule has 0 N–H and O–H groups in total. The second-order valence-corrected chi connectivity index (χ2v) is 8.13. The third kappa shape index (κ3) is 4.48. The monoisotopic (exact) mass is 421 g/mol. The largest absolute Gasteiger partial charge is 0.497 e. The number of carbonyl (C=O) groups excluding carboxylic acids is 3. The Balaban J connectivity index is 1.42. The predicted octanol–water partition coefficient (Wildman–Crippen LogP) is 3.82. The van der Waals surface area contributed by atoms with Gasteiger partial charge in [-0.3, -0.25) is 14.4 Å². The molecule has 31 heavy (non-hydrogen) atoms. The summed E-state index contributed by atoms with van der Waals surface area (Å²) in [5.74, 6) is -1.10. The van der Waals surface area contributed by atoms with Gasteiger partial charge in [-0.15, -0.1) is 0 Å². The molecule has 2 unspecified atom stereocenters. The lowest BCUT2D eigenvalue weighted by Gasteiger charge is -2.32. The van der Waals surface area contributed by atoms with E-state index in [0.717, 1.165) is 30.5 Å². The first-order valence-electron chi connectivity index (χ1n) is 10.8. The van der Waals surface area contributed by atoms with Gasteiger partial charge in [0.2, 0.25) is 5.91 Å². The van der Waals surface area contributed by atoms with E-state index in [2.05, 4.69) is 0 Å².